The van der Waals surface area contributed by atoms with Gasteiger partial charge in [0.15, 0.2) is 0 Å². The van der Waals surface area contributed by atoms with Gasteiger partial charge in [0.1, 0.15) is 18.1 Å². The van der Waals surface area contributed by atoms with E-state index in [1.807, 2.05) is 48.5 Å². The topological polar surface area (TPSA) is 47.0 Å². The van der Waals surface area contributed by atoms with Crippen LogP contribution in [0.25, 0.3) is 0 Å². The van der Waals surface area contributed by atoms with E-state index < -0.39 is 0 Å². The Morgan fingerprint density at radius 3 is 2.72 bits per heavy atom. The maximum atomic E-state index is 6.37. The van der Waals surface area contributed by atoms with Gasteiger partial charge in [-0.1, -0.05) is 46.7 Å². The zero-order valence-electron chi connectivity index (χ0n) is 16.4. The number of thiazole rings is 1. The van der Waals surface area contributed by atoms with E-state index in [1.54, 1.807) is 18.5 Å². The van der Waals surface area contributed by atoms with Crippen LogP contribution >= 0.6 is 34.5 Å². The lowest BCUT2D eigenvalue weighted by molar-refractivity contribution is 0.301. The molecule has 3 aromatic rings. The van der Waals surface area contributed by atoms with E-state index in [1.165, 1.54) is 11.3 Å². The van der Waals surface area contributed by atoms with Gasteiger partial charge in [-0.2, -0.15) is 0 Å². The van der Waals surface area contributed by atoms with E-state index in [2.05, 4.69) is 16.9 Å². The van der Waals surface area contributed by atoms with Gasteiger partial charge in [0.25, 0.3) is 5.19 Å². The highest BCUT2D eigenvalue weighted by Crippen LogP contribution is 2.35. The van der Waals surface area contributed by atoms with Crippen molar-refractivity contribution in [2.75, 3.05) is 13.6 Å². The Kier molecular flexibility index (Phi) is 7.36. The van der Waals surface area contributed by atoms with E-state index in [4.69, 9.17) is 32.7 Å². The molecule has 0 aliphatic carbocycles. The molecule has 0 saturated carbocycles. The van der Waals surface area contributed by atoms with Crippen molar-refractivity contribution >= 4 is 46.6 Å². The lowest BCUT2D eigenvalue weighted by atomic mass is 10.2. The standard InChI is InChI=1S/C21H21Cl2N3O2S/c1-4-26(3)13-24-18-9-14(2)20(10-17(18)23)28-21-25-15(12-29-21)11-27-19-8-6-5-7-16(19)22/h5-10,12-13H,4,11H2,1-3H3. The summed E-state index contributed by atoms with van der Waals surface area (Å²) in [6.45, 7) is 5.18. The Bertz CT molecular complexity index is 1010. The van der Waals surface area contributed by atoms with E-state index in [9.17, 15) is 0 Å². The van der Waals surface area contributed by atoms with Crippen molar-refractivity contribution in [2.24, 2.45) is 4.99 Å². The number of ether oxygens (including phenoxy) is 2. The molecule has 0 saturated heterocycles. The molecule has 0 aliphatic heterocycles. The van der Waals surface area contributed by atoms with Crippen LogP contribution in [0.5, 0.6) is 16.7 Å². The Balaban J connectivity index is 1.67. The smallest absolute Gasteiger partial charge is 0.279 e. The summed E-state index contributed by atoms with van der Waals surface area (Å²) >= 11 is 13.9. The fourth-order valence-electron chi connectivity index (χ4n) is 2.31. The number of para-hydroxylation sites is 1. The predicted octanol–water partition coefficient (Wildman–Crippen LogP) is 6.74. The fourth-order valence-corrected chi connectivity index (χ4v) is 3.37. The molecule has 29 heavy (non-hydrogen) atoms. The Labute approximate surface area is 184 Å². The molecule has 8 heteroatoms. The zero-order chi connectivity index (χ0) is 20.8. The largest absolute Gasteiger partial charge is 0.486 e. The molecule has 0 atom stereocenters. The highest BCUT2D eigenvalue weighted by atomic mass is 35.5. The second-order valence-corrected chi connectivity index (χ2v) is 7.95. The molecule has 0 spiro atoms. The molecule has 0 fully saturated rings. The Morgan fingerprint density at radius 1 is 1.17 bits per heavy atom. The van der Waals surface area contributed by atoms with Crippen LogP contribution in [-0.2, 0) is 6.61 Å². The summed E-state index contributed by atoms with van der Waals surface area (Å²) in [7, 11) is 1.96. The summed E-state index contributed by atoms with van der Waals surface area (Å²) in [5.41, 5.74) is 2.38. The molecule has 3 rings (SSSR count). The van der Waals surface area contributed by atoms with Gasteiger partial charge in [0.05, 0.1) is 27.8 Å². The molecule has 0 radical (unpaired) electrons. The second-order valence-electron chi connectivity index (χ2n) is 6.31. The zero-order valence-corrected chi connectivity index (χ0v) is 18.7. The van der Waals surface area contributed by atoms with Crippen molar-refractivity contribution in [3.05, 3.63) is 63.1 Å². The van der Waals surface area contributed by atoms with Gasteiger partial charge >= 0.3 is 0 Å². The maximum absolute atomic E-state index is 6.37. The first-order valence-electron chi connectivity index (χ1n) is 9.00. The molecule has 0 amide bonds. The van der Waals surface area contributed by atoms with Crippen molar-refractivity contribution in [1.82, 2.24) is 9.88 Å². The molecule has 1 heterocycles. The SMILES string of the molecule is CCN(C)C=Nc1cc(C)c(Oc2nc(COc3ccccc3Cl)cs2)cc1Cl. The highest BCUT2D eigenvalue weighted by molar-refractivity contribution is 7.11. The van der Waals surface area contributed by atoms with Gasteiger partial charge in [0, 0.05) is 25.0 Å². The third kappa shape index (κ3) is 5.85. The molecule has 2 aromatic carbocycles. The Morgan fingerprint density at radius 2 is 1.97 bits per heavy atom. The summed E-state index contributed by atoms with van der Waals surface area (Å²) in [5.74, 6) is 1.27. The lowest BCUT2D eigenvalue weighted by Crippen LogP contribution is -2.14. The lowest BCUT2D eigenvalue weighted by Gasteiger charge is -2.10. The number of rotatable bonds is 8. The minimum atomic E-state index is 0.307. The van der Waals surface area contributed by atoms with Crippen LogP contribution in [0, 0.1) is 6.92 Å². The van der Waals surface area contributed by atoms with Crippen molar-refractivity contribution in [1.29, 1.82) is 0 Å². The number of benzene rings is 2. The monoisotopic (exact) mass is 449 g/mol. The number of aliphatic imine (C=N–C) groups is 1. The second kappa shape index (κ2) is 9.96. The van der Waals surface area contributed by atoms with Gasteiger partial charge in [-0.3, -0.25) is 0 Å². The molecule has 0 N–H and O–H groups in total. The quantitative estimate of drug-likeness (QED) is 0.282. The molecular weight excluding hydrogens is 429 g/mol. The van der Waals surface area contributed by atoms with E-state index in [-0.39, 0.29) is 0 Å². The van der Waals surface area contributed by atoms with Crippen molar-refractivity contribution in [3.8, 4) is 16.7 Å². The first-order valence-corrected chi connectivity index (χ1v) is 10.6. The predicted molar refractivity (Wildman–Crippen MR) is 121 cm³/mol. The van der Waals surface area contributed by atoms with Crippen molar-refractivity contribution in [2.45, 2.75) is 20.5 Å². The number of hydrogen-bond acceptors (Lipinski definition) is 5. The normalized spacial score (nSPS) is 11.1. The van der Waals surface area contributed by atoms with Crippen LogP contribution in [0.4, 0.5) is 5.69 Å². The molecule has 0 aliphatic rings. The Hall–Kier alpha value is -2.28. The average Bonchev–Trinajstić information content (AvgIpc) is 3.16. The van der Waals surface area contributed by atoms with Gasteiger partial charge in [0.2, 0.25) is 0 Å². The third-order valence-corrected chi connectivity index (χ3v) is 5.46. The van der Waals surface area contributed by atoms with Gasteiger partial charge < -0.3 is 14.4 Å². The van der Waals surface area contributed by atoms with Gasteiger partial charge in [-0.25, -0.2) is 9.98 Å². The molecule has 5 nitrogen and oxygen atoms in total. The third-order valence-electron chi connectivity index (χ3n) is 4.08. The maximum Gasteiger partial charge on any atom is 0.279 e. The number of nitrogens with zero attached hydrogens (tertiary/aromatic N) is 3. The summed E-state index contributed by atoms with van der Waals surface area (Å²) in [6, 6.07) is 11.0. The number of aromatic nitrogens is 1. The van der Waals surface area contributed by atoms with Crippen LogP contribution in [0.15, 0.2) is 46.8 Å². The van der Waals surface area contributed by atoms with Crippen molar-refractivity contribution in [3.63, 3.8) is 0 Å². The molecular formula is C21H21Cl2N3O2S. The van der Waals surface area contributed by atoms with E-state index in [0.717, 1.165) is 17.8 Å². The first-order chi connectivity index (χ1) is 14.0. The first kappa shape index (κ1) is 21.4. The molecule has 152 valence electrons. The van der Waals surface area contributed by atoms with Gasteiger partial charge in [-0.15, -0.1) is 0 Å². The molecule has 0 bridgehead atoms. The molecule has 1 aromatic heterocycles. The number of aryl methyl sites for hydroxylation is 1. The minimum absolute atomic E-state index is 0.307. The van der Waals surface area contributed by atoms with Gasteiger partial charge in [-0.05, 0) is 37.6 Å². The van der Waals surface area contributed by atoms with E-state index in [0.29, 0.717) is 39.0 Å². The van der Waals surface area contributed by atoms with Crippen LogP contribution in [0.2, 0.25) is 10.0 Å². The minimum Gasteiger partial charge on any atom is -0.486 e. The average molecular weight is 450 g/mol. The number of hydrogen-bond donors (Lipinski definition) is 0. The highest BCUT2D eigenvalue weighted by Gasteiger charge is 2.11. The fraction of sp³-hybridized carbons (Fsp3) is 0.238. The van der Waals surface area contributed by atoms with Crippen molar-refractivity contribution < 1.29 is 9.47 Å². The van der Waals surface area contributed by atoms with Crippen LogP contribution in [0.3, 0.4) is 0 Å². The summed E-state index contributed by atoms with van der Waals surface area (Å²) in [6.07, 6.45) is 1.76. The number of halogens is 2. The summed E-state index contributed by atoms with van der Waals surface area (Å²) in [4.78, 5) is 10.9. The summed E-state index contributed by atoms with van der Waals surface area (Å²) in [5, 5.41) is 3.49. The molecule has 0 unspecified atom stereocenters. The van der Waals surface area contributed by atoms with E-state index >= 15 is 0 Å². The summed E-state index contributed by atoms with van der Waals surface area (Å²) < 4.78 is 11.6. The van der Waals surface area contributed by atoms with Crippen LogP contribution in [0.1, 0.15) is 18.2 Å². The van der Waals surface area contributed by atoms with Crippen LogP contribution < -0.4 is 9.47 Å². The van der Waals surface area contributed by atoms with Crippen LogP contribution in [-0.4, -0.2) is 29.8 Å².